The van der Waals surface area contributed by atoms with Gasteiger partial charge in [0.05, 0.1) is 19.6 Å². The summed E-state index contributed by atoms with van der Waals surface area (Å²) >= 11 is 0. The van der Waals surface area contributed by atoms with Crippen LogP contribution in [0.4, 0.5) is 4.79 Å². The van der Waals surface area contributed by atoms with Crippen molar-refractivity contribution >= 4 is 12.1 Å². The molecule has 1 aliphatic heterocycles. The molecule has 86 valence electrons. The van der Waals surface area contributed by atoms with Crippen LogP contribution >= 0.6 is 0 Å². The molecule has 0 N–H and O–H groups in total. The van der Waals surface area contributed by atoms with Gasteiger partial charge in [0.1, 0.15) is 5.60 Å². The van der Waals surface area contributed by atoms with Crippen LogP contribution in [0.5, 0.6) is 0 Å². The molecular weight excluding hydrogens is 198 g/mol. The van der Waals surface area contributed by atoms with E-state index in [2.05, 4.69) is 4.74 Å². The molecule has 0 saturated carbocycles. The summed E-state index contributed by atoms with van der Waals surface area (Å²) in [6.07, 6.45) is -0.119. The topological polar surface area (TPSA) is 55.6 Å². The van der Waals surface area contributed by atoms with Crippen molar-refractivity contribution in [2.45, 2.75) is 38.8 Å². The number of carbonyl (C=O) groups is 2. The Labute approximate surface area is 89.3 Å². The molecule has 0 bridgehead atoms. The molecule has 0 aromatic rings. The van der Waals surface area contributed by atoms with Gasteiger partial charge in [-0.25, -0.2) is 4.79 Å². The normalized spacial score (nSPS) is 19.7. The highest BCUT2D eigenvalue weighted by molar-refractivity contribution is 5.75. The zero-order chi connectivity index (χ0) is 11.6. The van der Waals surface area contributed by atoms with Gasteiger partial charge in [0.25, 0.3) is 0 Å². The molecule has 0 radical (unpaired) electrons. The summed E-state index contributed by atoms with van der Waals surface area (Å²) in [5.74, 6) is -0.300. The Bertz CT molecular complexity index is 269. The zero-order valence-corrected chi connectivity index (χ0v) is 9.57. The van der Waals surface area contributed by atoms with Gasteiger partial charge in [-0.3, -0.25) is 4.79 Å². The molecule has 1 rings (SSSR count). The Morgan fingerprint density at radius 2 is 2.00 bits per heavy atom. The summed E-state index contributed by atoms with van der Waals surface area (Å²) in [5.41, 5.74) is -0.491. The van der Waals surface area contributed by atoms with E-state index in [1.165, 1.54) is 12.0 Å². The third kappa shape index (κ3) is 3.77. The first-order chi connectivity index (χ1) is 6.83. The molecule has 1 heterocycles. The molecule has 1 aliphatic rings. The van der Waals surface area contributed by atoms with E-state index in [1.54, 1.807) is 0 Å². The number of carbonyl (C=O) groups excluding carboxylic acids is 2. The predicted octanol–water partition coefficient (Wildman–Crippen LogP) is 1.17. The van der Waals surface area contributed by atoms with Gasteiger partial charge in [-0.05, 0) is 20.8 Å². The average Bonchev–Trinajstić information content (AvgIpc) is 2.80. The summed E-state index contributed by atoms with van der Waals surface area (Å²) in [5, 5.41) is 0. The van der Waals surface area contributed by atoms with E-state index in [0.29, 0.717) is 6.54 Å². The van der Waals surface area contributed by atoms with E-state index < -0.39 is 5.60 Å². The SMILES string of the molecule is COC(=O)CC1CN1C(=O)OC(C)(C)C. The molecule has 1 saturated heterocycles. The second-order valence-corrected chi connectivity index (χ2v) is 4.57. The summed E-state index contributed by atoms with van der Waals surface area (Å²) in [7, 11) is 1.34. The fraction of sp³-hybridized carbons (Fsp3) is 0.800. The van der Waals surface area contributed by atoms with E-state index >= 15 is 0 Å². The van der Waals surface area contributed by atoms with Crippen LogP contribution in [0, 0.1) is 0 Å². The van der Waals surface area contributed by atoms with Gasteiger partial charge in [-0.2, -0.15) is 0 Å². The summed E-state index contributed by atoms with van der Waals surface area (Å²) in [4.78, 5) is 23.9. The zero-order valence-electron chi connectivity index (χ0n) is 9.57. The fourth-order valence-corrected chi connectivity index (χ4v) is 1.17. The lowest BCUT2D eigenvalue weighted by Crippen LogP contribution is -2.28. The number of nitrogens with zero attached hydrogens (tertiary/aromatic N) is 1. The van der Waals surface area contributed by atoms with Crippen LogP contribution in [-0.2, 0) is 14.3 Å². The van der Waals surface area contributed by atoms with Crippen LogP contribution in [-0.4, -0.2) is 42.3 Å². The summed E-state index contributed by atoms with van der Waals surface area (Å²) in [6, 6.07) is -0.0488. The van der Waals surface area contributed by atoms with E-state index in [-0.39, 0.29) is 24.5 Å². The monoisotopic (exact) mass is 215 g/mol. The number of hydrogen-bond donors (Lipinski definition) is 0. The van der Waals surface area contributed by atoms with Crippen molar-refractivity contribution in [3.05, 3.63) is 0 Å². The van der Waals surface area contributed by atoms with Crippen molar-refractivity contribution in [3.8, 4) is 0 Å². The van der Waals surface area contributed by atoms with Crippen LogP contribution < -0.4 is 0 Å². The van der Waals surface area contributed by atoms with Crippen LogP contribution in [0.2, 0.25) is 0 Å². The Kier molecular flexibility index (Phi) is 3.21. The average molecular weight is 215 g/mol. The second-order valence-electron chi connectivity index (χ2n) is 4.57. The minimum absolute atomic E-state index is 0.0488. The molecule has 0 aromatic carbocycles. The number of ether oxygens (including phenoxy) is 2. The number of amides is 1. The quantitative estimate of drug-likeness (QED) is 0.512. The number of methoxy groups -OCH3 is 1. The van der Waals surface area contributed by atoms with E-state index in [1.807, 2.05) is 20.8 Å². The van der Waals surface area contributed by atoms with Crippen molar-refractivity contribution in [2.75, 3.05) is 13.7 Å². The van der Waals surface area contributed by atoms with Crippen molar-refractivity contribution < 1.29 is 19.1 Å². The number of rotatable bonds is 2. The Hall–Kier alpha value is -1.26. The molecule has 0 aromatic heterocycles. The van der Waals surface area contributed by atoms with Crippen molar-refractivity contribution in [1.82, 2.24) is 4.90 Å². The third-order valence-electron chi connectivity index (χ3n) is 1.97. The highest BCUT2D eigenvalue weighted by Crippen LogP contribution is 2.24. The second kappa shape index (κ2) is 4.08. The maximum atomic E-state index is 11.5. The predicted molar refractivity (Wildman–Crippen MR) is 53.4 cm³/mol. The van der Waals surface area contributed by atoms with Gasteiger partial charge < -0.3 is 14.4 Å². The van der Waals surface area contributed by atoms with Crippen molar-refractivity contribution in [1.29, 1.82) is 0 Å². The Balaban J connectivity index is 2.31. The summed E-state index contributed by atoms with van der Waals surface area (Å²) in [6.45, 7) is 6.00. The first-order valence-electron chi connectivity index (χ1n) is 4.90. The Morgan fingerprint density at radius 3 is 2.47 bits per heavy atom. The van der Waals surface area contributed by atoms with Crippen LogP contribution in [0.25, 0.3) is 0 Å². The molecule has 5 heteroatoms. The van der Waals surface area contributed by atoms with Gasteiger partial charge in [0, 0.05) is 6.54 Å². The molecule has 1 atom stereocenters. The maximum absolute atomic E-state index is 11.5. The minimum atomic E-state index is -0.491. The van der Waals surface area contributed by atoms with Crippen LogP contribution in [0.1, 0.15) is 27.2 Å². The van der Waals surface area contributed by atoms with Gasteiger partial charge in [0.15, 0.2) is 0 Å². The first kappa shape index (κ1) is 11.8. The van der Waals surface area contributed by atoms with Gasteiger partial charge in [0.2, 0.25) is 0 Å². The van der Waals surface area contributed by atoms with Gasteiger partial charge in [-0.1, -0.05) is 0 Å². The largest absolute Gasteiger partial charge is 0.469 e. The molecule has 1 amide bonds. The molecule has 1 unspecified atom stereocenters. The van der Waals surface area contributed by atoms with E-state index in [9.17, 15) is 9.59 Å². The highest BCUT2D eigenvalue weighted by atomic mass is 16.6. The van der Waals surface area contributed by atoms with Crippen LogP contribution in [0.15, 0.2) is 0 Å². The van der Waals surface area contributed by atoms with Gasteiger partial charge in [-0.15, -0.1) is 0 Å². The molecule has 0 spiro atoms. The van der Waals surface area contributed by atoms with Crippen molar-refractivity contribution in [3.63, 3.8) is 0 Å². The standard InChI is InChI=1S/C10H17NO4/c1-10(2,3)15-9(13)11-6-7(11)5-8(12)14-4/h7H,5-6H2,1-4H3. The lowest BCUT2D eigenvalue weighted by Gasteiger charge is -2.19. The van der Waals surface area contributed by atoms with E-state index in [0.717, 1.165) is 0 Å². The lowest BCUT2D eigenvalue weighted by atomic mass is 10.2. The molecular formula is C10H17NO4. The molecule has 5 nitrogen and oxygen atoms in total. The molecule has 15 heavy (non-hydrogen) atoms. The highest BCUT2D eigenvalue weighted by Gasteiger charge is 2.42. The third-order valence-corrected chi connectivity index (χ3v) is 1.97. The number of hydrogen-bond acceptors (Lipinski definition) is 4. The van der Waals surface area contributed by atoms with Crippen LogP contribution in [0.3, 0.4) is 0 Å². The lowest BCUT2D eigenvalue weighted by molar-refractivity contribution is -0.140. The van der Waals surface area contributed by atoms with Gasteiger partial charge >= 0.3 is 12.1 Å². The maximum Gasteiger partial charge on any atom is 0.410 e. The van der Waals surface area contributed by atoms with E-state index in [4.69, 9.17) is 4.74 Å². The molecule has 1 fully saturated rings. The van der Waals surface area contributed by atoms with Crippen molar-refractivity contribution in [2.24, 2.45) is 0 Å². The summed E-state index contributed by atoms with van der Waals surface area (Å²) < 4.78 is 9.65. The Morgan fingerprint density at radius 1 is 1.40 bits per heavy atom. The molecule has 0 aliphatic carbocycles. The first-order valence-corrected chi connectivity index (χ1v) is 4.90. The minimum Gasteiger partial charge on any atom is -0.469 e. The number of esters is 1. The fourth-order valence-electron chi connectivity index (χ4n) is 1.17. The smallest absolute Gasteiger partial charge is 0.410 e.